The second-order valence-electron chi connectivity index (χ2n) is 4.14. The van der Waals surface area contributed by atoms with Gasteiger partial charge in [-0.15, -0.1) is 0 Å². The summed E-state index contributed by atoms with van der Waals surface area (Å²) in [5, 5.41) is 11.7. The molecule has 0 saturated carbocycles. The quantitative estimate of drug-likeness (QED) is 0.814. The third kappa shape index (κ3) is 2.38. The van der Waals surface area contributed by atoms with E-state index in [-0.39, 0.29) is 17.6 Å². The van der Waals surface area contributed by atoms with Crippen molar-refractivity contribution in [1.29, 1.82) is 0 Å². The van der Waals surface area contributed by atoms with Gasteiger partial charge in [0, 0.05) is 13.6 Å². The van der Waals surface area contributed by atoms with Gasteiger partial charge in [0.15, 0.2) is 0 Å². The molecule has 1 aromatic rings. The van der Waals surface area contributed by atoms with E-state index in [9.17, 15) is 9.59 Å². The Morgan fingerprint density at radius 1 is 1.41 bits per heavy atom. The second kappa shape index (κ2) is 4.45. The topological polar surface area (TPSA) is 69.6 Å². The van der Waals surface area contributed by atoms with Gasteiger partial charge in [-0.1, -0.05) is 12.1 Å². The van der Waals surface area contributed by atoms with Gasteiger partial charge in [0.25, 0.3) is 0 Å². The van der Waals surface area contributed by atoms with Gasteiger partial charge in [0.05, 0.1) is 11.6 Å². The number of carbonyl (C=O) groups excluding carboxylic acids is 1. The number of rotatable bonds is 2. The molecule has 2 amide bonds. The molecule has 5 nitrogen and oxygen atoms in total. The Balaban J connectivity index is 2.13. The van der Waals surface area contributed by atoms with Crippen molar-refractivity contribution in [2.24, 2.45) is 0 Å². The van der Waals surface area contributed by atoms with Crippen LogP contribution < -0.4 is 5.32 Å². The molecule has 1 aliphatic heterocycles. The van der Waals surface area contributed by atoms with Crippen molar-refractivity contribution in [1.82, 2.24) is 10.2 Å². The van der Waals surface area contributed by atoms with Crippen LogP contribution in [0, 0.1) is 0 Å². The average molecular weight is 234 g/mol. The molecule has 1 unspecified atom stereocenters. The van der Waals surface area contributed by atoms with Gasteiger partial charge >= 0.3 is 12.0 Å². The molecule has 1 saturated heterocycles. The number of carboxylic acids is 1. The third-order valence-corrected chi connectivity index (χ3v) is 2.96. The predicted octanol–water partition coefficient (Wildman–Crippen LogP) is 1.47. The Morgan fingerprint density at radius 3 is 2.59 bits per heavy atom. The van der Waals surface area contributed by atoms with Crippen molar-refractivity contribution in [3.63, 3.8) is 0 Å². The van der Waals surface area contributed by atoms with E-state index in [1.807, 2.05) is 0 Å². The molecule has 1 fully saturated rings. The number of nitrogens with zero attached hydrogens (tertiary/aromatic N) is 1. The summed E-state index contributed by atoms with van der Waals surface area (Å²) in [5.74, 6) is -0.941. The normalized spacial score (nSPS) is 19.9. The lowest BCUT2D eigenvalue weighted by atomic mass is 10.0. The zero-order valence-electron chi connectivity index (χ0n) is 9.51. The first kappa shape index (κ1) is 11.4. The van der Waals surface area contributed by atoms with Crippen LogP contribution in [-0.4, -0.2) is 35.6 Å². The molecule has 1 aromatic carbocycles. The van der Waals surface area contributed by atoms with Crippen molar-refractivity contribution >= 4 is 12.0 Å². The van der Waals surface area contributed by atoms with Crippen LogP contribution in [0.4, 0.5) is 4.79 Å². The van der Waals surface area contributed by atoms with Gasteiger partial charge < -0.3 is 15.3 Å². The molecule has 0 bridgehead atoms. The predicted molar refractivity (Wildman–Crippen MR) is 61.9 cm³/mol. The van der Waals surface area contributed by atoms with Crippen molar-refractivity contribution in [2.75, 3.05) is 13.6 Å². The van der Waals surface area contributed by atoms with Crippen LogP contribution in [-0.2, 0) is 0 Å². The van der Waals surface area contributed by atoms with Crippen molar-refractivity contribution < 1.29 is 14.7 Å². The minimum Gasteiger partial charge on any atom is -0.478 e. The molecule has 17 heavy (non-hydrogen) atoms. The fourth-order valence-electron chi connectivity index (χ4n) is 1.86. The molecule has 2 rings (SSSR count). The molecule has 0 aliphatic carbocycles. The number of hydrogen-bond acceptors (Lipinski definition) is 2. The number of aromatic carboxylic acids is 1. The maximum Gasteiger partial charge on any atom is 0.335 e. The Morgan fingerprint density at radius 2 is 2.06 bits per heavy atom. The lowest BCUT2D eigenvalue weighted by Gasteiger charge is -2.30. The van der Waals surface area contributed by atoms with E-state index in [1.54, 1.807) is 36.2 Å². The van der Waals surface area contributed by atoms with Crippen molar-refractivity contribution in [2.45, 2.75) is 12.5 Å². The molecule has 1 heterocycles. The third-order valence-electron chi connectivity index (χ3n) is 2.96. The first-order valence-electron chi connectivity index (χ1n) is 5.43. The van der Waals surface area contributed by atoms with E-state index < -0.39 is 5.97 Å². The van der Waals surface area contributed by atoms with Gasteiger partial charge in [-0.2, -0.15) is 0 Å². The first-order chi connectivity index (χ1) is 8.08. The Hall–Kier alpha value is -2.04. The highest BCUT2D eigenvalue weighted by Crippen LogP contribution is 2.21. The number of amides is 2. The van der Waals surface area contributed by atoms with Crippen molar-refractivity contribution in [3.05, 3.63) is 35.4 Å². The van der Waals surface area contributed by atoms with E-state index in [2.05, 4.69) is 5.32 Å². The molecule has 1 atom stereocenters. The largest absolute Gasteiger partial charge is 0.478 e. The molecule has 0 spiro atoms. The minimum atomic E-state index is -0.941. The van der Waals surface area contributed by atoms with Crippen LogP contribution >= 0.6 is 0 Å². The van der Waals surface area contributed by atoms with Gasteiger partial charge in [0.2, 0.25) is 0 Å². The smallest absolute Gasteiger partial charge is 0.335 e. The van der Waals surface area contributed by atoms with Crippen LogP contribution in [0.3, 0.4) is 0 Å². The molecule has 1 aliphatic rings. The van der Waals surface area contributed by atoms with Crippen LogP contribution in [0.5, 0.6) is 0 Å². The number of urea groups is 1. The fraction of sp³-hybridized carbons (Fsp3) is 0.333. The summed E-state index contributed by atoms with van der Waals surface area (Å²) in [6, 6.07) is 6.49. The molecule has 90 valence electrons. The monoisotopic (exact) mass is 234 g/mol. The van der Waals surface area contributed by atoms with E-state index in [0.717, 1.165) is 12.0 Å². The zero-order valence-corrected chi connectivity index (χ0v) is 9.51. The first-order valence-corrected chi connectivity index (χ1v) is 5.43. The van der Waals surface area contributed by atoms with Gasteiger partial charge in [-0.05, 0) is 24.1 Å². The van der Waals surface area contributed by atoms with Crippen molar-refractivity contribution in [3.8, 4) is 0 Å². The van der Waals surface area contributed by atoms with E-state index in [4.69, 9.17) is 5.11 Å². The van der Waals surface area contributed by atoms with Gasteiger partial charge in [-0.3, -0.25) is 0 Å². The molecular formula is C12H14N2O3. The maximum atomic E-state index is 11.5. The minimum absolute atomic E-state index is 0.0263. The van der Waals surface area contributed by atoms with Crippen LogP contribution in [0.1, 0.15) is 28.4 Å². The van der Waals surface area contributed by atoms with Crippen LogP contribution in [0.2, 0.25) is 0 Å². The van der Waals surface area contributed by atoms with Crippen LogP contribution in [0.25, 0.3) is 0 Å². The standard InChI is InChI=1S/C12H14N2O3/c1-14-7-6-10(13-12(14)17)8-2-4-9(5-3-8)11(15)16/h2-5,10H,6-7H2,1H3,(H,13,17)(H,15,16). The Kier molecular flexibility index (Phi) is 2.99. The highest BCUT2D eigenvalue weighted by molar-refractivity contribution is 5.87. The summed E-state index contributed by atoms with van der Waals surface area (Å²) in [4.78, 5) is 23.8. The highest BCUT2D eigenvalue weighted by atomic mass is 16.4. The van der Waals surface area contributed by atoms with Gasteiger partial charge in [0.1, 0.15) is 0 Å². The summed E-state index contributed by atoms with van der Waals surface area (Å²) >= 11 is 0. The molecule has 5 heteroatoms. The number of carbonyl (C=O) groups is 2. The van der Waals surface area contributed by atoms with E-state index in [1.165, 1.54) is 0 Å². The summed E-state index contributed by atoms with van der Waals surface area (Å²) in [5.41, 5.74) is 1.20. The summed E-state index contributed by atoms with van der Waals surface area (Å²) in [6.07, 6.45) is 0.828. The lowest BCUT2D eigenvalue weighted by Crippen LogP contribution is -2.45. The average Bonchev–Trinajstić information content (AvgIpc) is 2.33. The number of hydrogen-bond donors (Lipinski definition) is 2. The van der Waals surface area contributed by atoms with E-state index >= 15 is 0 Å². The number of carboxylic acid groups (broad SMARTS) is 1. The van der Waals surface area contributed by atoms with E-state index in [0.29, 0.717) is 6.54 Å². The maximum absolute atomic E-state index is 11.5. The van der Waals surface area contributed by atoms with Crippen LogP contribution in [0.15, 0.2) is 24.3 Å². The molecule has 0 radical (unpaired) electrons. The SMILES string of the molecule is CN1CCC(c2ccc(C(=O)O)cc2)NC1=O. The Labute approximate surface area is 99.0 Å². The second-order valence-corrected chi connectivity index (χ2v) is 4.14. The Bertz CT molecular complexity index is 442. The molecular weight excluding hydrogens is 220 g/mol. The summed E-state index contributed by atoms with van der Waals surface area (Å²) < 4.78 is 0. The molecule has 2 N–H and O–H groups in total. The number of nitrogens with one attached hydrogen (secondary N) is 1. The van der Waals surface area contributed by atoms with Gasteiger partial charge in [-0.25, -0.2) is 9.59 Å². The lowest BCUT2D eigenvalue weighted by molar-refractivity contribution is 0.0696. The summed E-state index contributed by atoms with van der Waals surface area (Å²) in [6.45, 7) is 0.706. The fourth-order valence-corrected chi connectivity index (χ4v) is 1.86. The highest BCUT2D eigenvalue weighted by Gasteiger charge is 2.23. The number of benzene rings is 1. The zero-order chi connectivity index (χ0) is 12.4. The summed E-state index contributed by atoms with van der Waals surface area (Å²) in [7, 11) is 1.75. The molecule has 0 aromatic heterocycles.